The van der Waals surface area contributed by atoms with Gasteiger partial charge in [0.15, 0.2) is 23.3 Å². The molecule has 7 aromatic rings. The summed E-state index contributed by atoms with van der Waals surface area (Å²) < 4.78 is 2.54. The standard InChI is InChI=1S/C21H19N7O.C17H18N6O/c1-28-17(29)11-10-16(27-28)19-18(14-7-3-2-4-8-14)25-20(22)21(26-19)24-13-15-9-5-6-12-23-15;1-22(2)17-16(18)19-14(11-7-5-4-6-8-11)15(20-17)12-9-10-13(24)23(3)21-12/h2-12H,13H2,1H3,(H2,22,25)(H,24,26);4-10H,1-3H3,(H2,18,19). The van der Waals surface area contributed by atoms with Gasteiger partial charge in [0.1, 0.15) is 34.2 Å². The lowest BCUT2D eigenvalue weighted by atomic mass is 10.1. The van der Waals surface area contributed by atoms with E-state index in [1.54, 1.807) is 37.3 Å². The highest BCUT2D eigenvalue weighted by atomic mass is 16.1. The molecule has 53 heavy (non-hydrogen) atoms. The number of nitrogen functional groups attached to an aromatic ring is 2. The maximum atomic E-state index is 11.8. The number of nitrogens with one attached hydrogen (secondary N) is 1. The molecular weight excluding hydrogens is 671 g/mol. The number of hydrogen-bond donors (Lipinski definition) is 3. The van der Waals surface area contributed by atoms with Gasteiger partial charge in [-0.05, 0) is 24.3 Å². The van der Waals surface area contributed by atoms with Crippen molar-refractivity contribution in [1.29, 1.82) is 0 Å². The summed E-state index contributed by atoms with van der Waals surface area (Å²) in [5.74, 6) is 1.60. The Bertz CT molecular complexity index is 2470. The smallest absolute Gasteiger partial charge is 0.266 e. The number of pyridine rings is 1. The van der Waals surface area contributed by atoms with Crippen molar-refractivity contribution >= 4 is 23.3 Å². The quantitative estimate of drug-likeness (QED) is 0.204. The van der Waals surface area contributed by atoms with Crippen LogP contribution in [0.5, 0.6) is 0 Å². The molecule has 0 radical (unpaired) electrons. The zero-order chi connectivity index (χ0) is 37.5. The fourth-order valence-corrected chi connectivity index (χ4v) is 5.23. The van der Waals surface area contributed by atoms with Gasteiger partial charge < -0.3 is 21.7 Å². The predicted octanol–water partition coefficient (Wildman–Crippen LogP) is 4.05. The van der Waals surface area contributed by atoms with Crippen molar-refractivity contribution in [3.8, 4) is 45.3 Å². The molecule has 7 rings (SSSR count). The summed E-state index contributed by atoms with van der Waals surface area (Å²) in [5, 5.41) is 11.8. The number of aromatic nitrogens is 9. The fourth-order valence-electron chi connectivity index (χ4n) is 5.23. The highest BCUT2D eigenvalue weighted by Gasteiger charge is 2.19. The highest BCUT2D eigenvalue weighted by molar-refractivity contribution is 5.81. The van der Waals surface area contributed by atoms with Gasteiger partial charge in [-0.3, -0.25) is 14.6 Å². The van der Waals surface area contributed by atoms with Gasteiger partial charge in [0.05, 0.1) is 12.2 Å². The topological polar surface area (TPSA) is 202 Å². The van der Waals surface area contributed by atoms with Crippen LogP contribution in [0.2, 0.25) is 0 Å². The molecule has 5 aromatic heterocycles. The maximum absolute atomic E-state index is 11.8. The normalized spacial score (nSPS) is 10.6. The van der Waals surface area contributed by atoms with Crippen LogP contribution in [-0.4, -0.2) is 58.6 Å². The average Bonchev–Trinajstić information content (AvgIpc) is 3.17. The largest absolute Gasteiger partial charge is 0.381 e. The highest BCUT2D eigenvalue weighted by Crippen LogP contribution is 2.32. The van der Waals surface area contributed by atoms with Crippen LogP contribution in [0.4, 0.5) is 23.3 Å². The zero-order valence-corrected chi connectivity index (χ0v) is 29.5. The van der Waals surface area contributed by atoms with Crippen LogP contribution in [0.25, 0.3) is 45.3 Å². The zero-order valence-electron chi connectivity index (χ0n) is 29.5. The molecule has 0 bridgehead atoms. The maximum Gasteiger partial charge on any atom is 0.266 e. The Balaban J connectivity index is 0.000000185. The molecule has 0 unspecified atom stereocenters. The summed E-state index contributed by atoms with van der Waals surface area (Å²) in [6.45, 7) is 0.449. The van der Waals surface area contributed by atoms with E-state index in [4.69, 9.17) is 16.5 Å². The van der Waals surface area contributed by atoms with Crippen molar-refractivity contribution in [3.05, 3.63) is 136 Å². The summed E-state index contributed by atoms with van der Waals surface area (Å²) in [6, 6.07) is 31.1. The Labute approximate surface area is 304 Å². The second kappa shape index (κ2) is 15.7. The van der Waals surface area contributed by atoms with Gasteiger partial charge in [-0.1, -0.05) is 66.7 Å². The van der Waals surface area contributed by atoms with Crippen molar-refractivity contribution < 1.29 is 0 Å². The number of anilines is 4. The number of nitrogens with two attached hydrogens (primary N) is 2. The number of rotatable bonds is 8. The first kappa shape index (κ1) is 35.5. The van der Waals surface area contributed by atoms with Crippen molar-refractivity contribution in [3.63, 3.8) is 0 Å². The van der Waals surface area contributed by atoms with Gasteiger partial charge in [-0.25, -0.2) is 29.3 Å². The molecule has 5 N–H and O–H groups in total. The summed E-state index contributed by atoms with van der Waals surface area (Å²) in [5.41, 5.74) is 17.9. The second-order valence-corrected chi connectivity index (χ2v) is 11.9. The van der Waals surface area contributed by atoms with E-state index in [0.29, 0.717) is 58.2 Å². The van der Waals surface area contributed by atoms with Crippen LogP contribution in [0.1, 0.15) is 5.69 Å². The lowest BCUT2D eigenvalue weighted by Gasteiger charge is -2.17. The second-order valence-electron chi connectivity index (χ2n) is 11.9. The van der Waals surface area contributed by atoms with Crippen LogP contribution < -0.4 is 32.8 Å². The third-order valence-electron chi connectivity index (χ3n) is 7.91. The molecule has 0 saturated heterocycles. The minimum Gasteiger partial charge on any atom is -0.381 e. The third kappa shape index (κ3) is 8.20. The SMILES string of the molecule is CN(C)c1nc(-c2ccc(=O)n(C)n2)c(-c2ccccc2)nc1N.Cn1nc(-c2nc(NCc3ccccn3)c(N)nc2-c2ccccc2)ccc1=O. The van der Waals surface area contributed by atoms with Gasteiger partial charge in [0.2, 0.25) is 0 Å². The molecule has 0 fully saturated rings. The van der Waals surface area contributed by atoms with Gasteiger partial charge in [0.25, 0.3) is 11.1 Å². The van der Waals surface area contributed by atoms with Crippen LogP contribution in [0.15, 0.2) is 119 Å². The lowest BCUT2D eigenvalue weighted by molar-refractivity contribution is 0.711. The molecule has 0 aliphatic heterocycles. The Morgan fingerprint density at radius 2 is 1.11 bits per heavy atom. The molecule has 5 heterocycles. The minimum atomic E-state index is -0.202. The minimum absolute atomic E-state index is 0.184. The number of benzene rings is 2. The first-order valence-corrected chi connectivity index (χ1v) is 16.5. The van der Waals surface area contributed by atoms with Crippen molar-refractivity contribution in [2.75, 3.05) is 35.8 Å². The summed E-state index contributed by atoms with van der Waals surface area (Å²) >= 11 is 0. The fraction of sp³-hybridized carbons (Fsp3) is 0.132. The van der Waals surface area contributed by atoms with Gasteiger partial charge >= 0.3 is 0 Å². The molecule has 0 saturated carbocycles. The first-order chi connectivity index (χ1) is 25.6. The molecule has 0 spiro atoms. The number of aryl methyl sites for hydroxylation is 2. The van der Waals surface area contributed by atoms with Crippen LogP contribution >= 0.6 is 0 Å². The van der Waals surface area contributed by atoms with Crippen molar-refractivity contribution in [1.82, 2.24) is 44.5 Å². The average molecular weight is 708 g/mol. The van der Waals surface area contributed by atoms with Crippen molar-refractivity contribution in [2.45, 2.75) is 6.54 Å². The first-order valence-electron chi connectivity index (χ1n) is 16.5. The molecule has 266 valence electrons. The third-order valence-corrected chi connectivity index (χ3v) is 7.91. The van der Waals surface area contributed by atoms with Crippen molar-refractivity contribution in [2.24, 2.45) is 14.1 Å². The Morgan fingerprint density at radius 3 is 1.60 bits per heavy atom. The molecule has 0 aliphatic rings. The number of hydrogen-bond acceptors (Lipinski definition) is 13. The van der Waals surface area contributed by atoms with E-state index in [1.807, 2.05) is 93.0 Å². The molecule has 15 heteroatoms. The van der Waals surface area contributed by atoms with Crippen LogP contribution in [0, 0.1) is 0 Å². The molecule has 2 aromatic carbocycles. The van der Waals surface area contributed by atoms with E-state index in [-0.39, 0.29) is 16.9 Å². The van der Waals surface area contributed by atoms with E-state index >= 15 is 0 Å². The van der Waals surface area contributed by atoms with Gasteiger partial charge in [-0.2, -0.15) is 10.2 Å². The summed E-state index contributed by atoms with van der Waals surface area (Å²) in [7, 11) is 6.89. The van der Waals surface area contributed by atoms with E-state index < -0.39 is 0 Å². The van der Waals surface area contributed by atoms with E-state index in [1.165, 1.54) is 21.5 Å². The van der Waals surface area contributed by atoms with Crippen LogP contribution in [-0.2, 0) is 20.6 Å². The van der Waals surface area contributed by atoms with E-state index in [2.05, 4.69) is 35.5 Å². The molecule has 0 atom stereocenters. The Morgan fingerprint density at radius 1 is 0.604 bits per heavy atom. The molecular formula is C38H37N13O2. The van der Waals surface area contributed by atoms with E-state index in [0.717, 1.165) is 16.8 Å². The predicted molar refractivity (Wildman–Crippen MR) is 207 cm³/mol. The molecule has 0 aliphatic carbocycles. The number of nitrogens with zero attached hydrogens (tertiary/aromatic N) is 10. The Hall–Kier alpha value is -7.29. The summed E-state index contributed by atoms with van der Waals surface area (Å²) in [4.78, 5) is 47.9. The molecule has 15 nitrogen and oxygen atoms in total. The summed E-state index contributed by atoms with van der Waals surface area (Å²) in [6.07, 6.45) is 1.73. The van der Waals surface area contributed by atoms with Gasteiger partial charge in [-0.15, -0.1) is 0 Å². The van der Waals surface area contributed by atoms with Gasteiger partial charge in [0, 0.05) is 57.6 Å². The monoisotopic (exact) mass is 707 g/mol. The molecule has 0 amide bonds. The Kier molecular flexibility index (Phi) is 10.5. The van der Waals surface area contributed by atoms with Crippen LogP contribution in [0.3, 0.4) is 0 Å². The van der Waals surface area contributed by atoms with E-state index in [9.17, 15) is 9.59 Å². The lowest BCUT2D eigenvalue weighted by Crippen LogP contribution is -2.19.